The van der Waals surface area contributed by atoms with E-state index in [9.17, 15) is 9.59 Å². The molecular weight excluding hydrogens is 340 g/mol. The number of ether oxygens (including phenoxy) is 2. The Labute approximate surface area is 149 Å². The molecule has 0 unspecified atom stereocenters. The molecule has 126 valence electrons. The Hall–Kier alpha value is -2.33. The second-order valence-corrected chi connectivity index (χ2v) is 7.27. The highest BCUT2D eigenvalue weighted by Gasteiger charge is 2.95. The summed E-state index contributed by atoms with van der Waals surface area (Å²) in [6.07, 6.45) is 0. The zero-order chi connectivity index (χ0) is 17.6. The maximum Gasteiger partial charge on any atom is 0.318 e. The monoisotopic (exact) mass is 354 g/mol. The summed E-state index contributed by atoms with van der Waals surface area (Å²) in [5.41, 5.74) is 1.63. The first-order valence-corrected chi connectivity index (χ1v) is 8.50. The minimum absolute atomic E-state index is 0.242. The van der Waals surface area contributed by atoms with Crippen molar-refractivity contribution in [1.29, 1.82) is 0 Å². The predicted octanol–water partition coefficient (Wildman–Crippen LogP) is 3.17. The molecule has 5 heteroatoms. The fourth-order valence-corrected chi connectivity index (χ4v) is 6.06. The van der Waals surface area contributed by atoms with Gasteiger partial charge in [0, 0.05) is 16.9 Å². The van der Waals surface area contributed by atoms with Crippen LogP contribution in [0.5, 0.6) is 0 Å². The summed E-state index contributed by atoms with van der Waals surface area (Å²) in [5, 5.41) is 0.494. The summed E-state index contributed by atoms with van der Waals surface area (Å²) < 4.78 is 10.4. The van der Waals surface area contributed by atoms with Gasteiger partial charge in [-0.25, -0.2) is 0 Å². The molecule has 0 heterocycles. The van der Waals surface area contributed by atoms with Gasteiger partial charge in [-0.05, 0) is 28.3 Å². The SMILES string of the molecule is COC(=O)[C@@]12[C@H]3c4ccccc4[C@@H]1[C@]2(C(=O)OC)c1c(Cl)cccc13. The van der Waals surface area contributed by atoms with Crippen LogP contribution in [0.15, 0.2) is 42.5 Å². The standard InChI is InChI=1S/C20H15ClO4/c1-24-17(22)19-14-10-6-3-4-7-11(10)16(19)20(19,18(23)25-2)15-12(14)8-5-9-13(15)21/h3-9,14,16H,1-2H3/t14-,16-,19+,20-/m0/s1. The zero-order valence-corrected chi connectivity index (χ0v) is 14.5. The Morgan fingerprint density at radius 1 is 0.920 bits per heavy atom. The Bertz CT molecular complexity index is 968. The van der Waals surface area contributed by atoms with Crippen molar-refractivity contribution in [2.24, 2.45) is 5.41 Å². The van der Waals surface area contributed by atoms with E-state index in [1.54, 1.807) is 6.07 Å². The number of carbonyl (C=O) groups is 2. The number of halogens is 1. The highest BCUT2D eigenvalue weighted by Crippen LogP contribution is 2.90. The van der Waals surface area contributed by atoms with Crippen LogP contribution in [0.3, 0.4) is 0 Å². The van der Waals surface area contributed by atoms with Crippen LogP contribution in [-0.2, 0) is 24.5 Å². The summed E-state index contributed by atoms with van der Waals surface area (Å²) in [6.45, 7) is 0. The molecule has 4 atom stereocenters. The topological polar surface area (TPSA) is 52.6 Å². The lowest BCUT2D eigenvalue weighted by Gasteiger charge is -2.21. The third-order valence-corrected chi connectivity index (χ3v) is 6.63. The second-order valence-electron chi connectivity index (χ2n) is 6.86. The molecule has 25 heavy (non-hydrogen) atoms. The summed E-state index contributed by atoms with van der Waals surface area (Å²) in [7, 11) is 2.72. The van der Waals surface area contributed by atoms with Gasteiger partial charge in [0.25, 0.3) is 0 Å². The normalized spacial score (nSPS) is 32.4. The van der Waals surface area contributed by atoms with Crippen LogP contribution in [0.1, 0.15) is 34.1 Å². The Kier molecular flexibility index (Phi) is 2.66. The first-order valence-electron chi connectivity index (χ1n) is 8.13. The van der Waals surface area contributed by atoms with Crippen molar-refractivity contribution in [2.75, 3.05) is 14.2 Å². The number of fused-ring (bicyclic) bond motifs is 7. The molecule has 0 saturated heterocycles. The first kappa shape index (κ1) is 15.0. The van der Waals surface area contributed by atoms with E-state index in [-0.39, 0.29) is 17.8 Å². The average molecular weight is 355 g/mol. The number of hydrogen-bond donors (Lipinski definition) is 0. The van der Waals surface area contributed by atoms with Gasteiger partial charge >= 0.3 is 11.9 Å². The third kappa shape index (κ3) is 1.26. The van der Waals surface area contributed by atoms with Gasteiger partial charge in [-0.2, -0.15) is 0 Å². The maximum atomic E-state index is 13.0. The lowest BCUT2D eigenvalue weighted by molar-refractivity contribution is -0.154. The number of methoxy groups -OCH3 is 2. The largest absolute Gasteiger partial charge is 0.469 e. The van der Waals surface area contributed by atoms with Gasteiger partial charge in [0.05, 0.1) is 14.2 Å². The predicted molar refractivity (Wildman–Crippen MR) is 90.6 cm³/mol. The van der Waals surface area contributed by atoms with E-state index >= 15 is 0 Å². The molecule has 2 aromatic rings. The third-order valence-electron chi connectivity index (χ3n) is 6.31. The van der Waals surface area contributed by atoms with E-state index in [1.807, 2.05) is 36.4 Å². The van der Waals surface area contributed by atoms with E-state index in [2.05, 4.69) is 0 Å². The fraction of sp³-hybridized carbons (Fsp3) is 0.300. The summed E-state index contributed by atoms with van der Waals surface area (Å²) in [4.78, 5) is 26.1. The molecule has 4 nitrogen and oxygen atoms in total. The summed E-state index contributed by atoms with van der Waals surface area (Å²) >= 11 is 6.53. The molecule has 1 fully saturated rings. The quantitative estimate of drug-likeness (QED) is 0.777. The van der Waals surface area contributed by atoms with Gasteiger partial charge in [0.15, 0.2) is 0 Å². The fourth-order valence-electron chi connectivity index (χ4n) is 5.73. The molecule has 0 N–H and O–H groups in total. The minimum atomic E-state index is -1.10. The van der Waals surface area contributed by atoms with Gasteiger partial charge in [-0.15, -0.1) is 0 Å². The molecule has 2 aromatic carbocycles. The second kappa shape index (κ2) is 4.44. The Morgan fingerprint density at radius 3 is 2.24 bits per heavy atom. The highest BCUT2D eigenvalue weighted by atomic mass is 35.5. The molecule has 0 spiro atoms. The van der Waals surface area contributed by atoms with Gasteiger partial charge in [0.2, 0.25) is 0 Å². The number of hydrogen-bond acceptors (Lipinski definition) is 4. The van der Waals surface area contributed by atoms with Gasteiger partial charge in [0.1, 0.15) is 10.8 Å². The smallest absolute Gasteiger partial charge is 0.318 e. The molecule has 3 aliphatic rings. The van der Waals surface area contributed by atoms with Crippen molar-refractivity contribution >= 4 is 23.5 Å². The number of benzene rings is 2. The number of carbonyl (C=O) groups excluding carboxylic acids is 2. The number of esters is 2. The van der Waals surface area contributed by atoms with E-state index in [0.29, 0.717) is 5.02 Å². The average Bonchev–Trinajstić information content (AvgIpc) is 3.04. The minimum Gasteiger partial charge on any atom is -0.469 e. The van der Waals surface area contributed by atoms with Crippen LogP contribution < -0.4 is 0 Å². The van der Waals surface area contributed by atoms with Crippen molar-refractivity contribution in [3.05, 3.63) is 69.7 Å². The molecule has 0 amide bonds. The Balaban J connectivity index is 1.93. The van der Waals surface area contributed by atoms with Crippen molar-refractivity contribution in [3.63, 3.8) is 0 Å². The van der Waals surface area contributed by atoms with E-state index in [0.717, 1.165) is 22.3 Å². The molecule has 0 aromatic heterocycles. The highest BCUT2D eigenvalue weighted by molar-refractivity contribution is 6.32. The zero-order valence-electron chi connectivity index (χ0n) is 13.7. The van der Waals surface area contributed by atoms with Crippen LogP contribution in [-0.4, -0.2) is 26.2 Å². The lowest BCUT2D eigenvalue weighted by atomic mass is 9.82. The van der Waals surface area contributed by atoms with E-state index in [1.165, 1.54) is 14.2 Å². The van der Waals surface area contributed by atoms with Gasteiger partial charge < -0.3 is 9.47 Å². The molecular formula is C20H15ClO4. The maximum absolute atomic E-state index is 13.0. The van der Waals surface area contributed by atoms with E-state index < -0.39 is 16.8 Å². The molecule has 0 bridgehead atoms. The van der Waals surface area contributed by atoms with Crippen LogP contribution in [0.2, 0.25) is 5.02 Å². The Morgan fingerprint density at radius 2 is 1.56 bits per heavy atom. The van der Waals surface area contributed by atoms with Crippen molar-refractivity contribution in [1.82, 2.24) is 0 Å². The number of rotatable bonds is 2. The van der Waals surface area contributed by atoms with Gasteiger partial charge in [-0.3, -0.25) is 9.59 Å². The van der Waals surface area contributed by atoms with Gasteiger partial charge in [-0.1, -0.05) is 48.0 Å². The molecule has 0 radical (unpaired) electrons. The van der Waals surface area contributed by atoms with E-state index in [4.69, 9.17) is 21.1 Å². The van der Waals surface area contributed by atoms with Crippen molar-refractivity contribution in [3.8, 4) is 0 Å². The van der Waals surface area contributed by atoms with Crippen LogP contribution in [0.4, 0.5) is 0 Å². The lowest BCUT2D eigenvalue weighted by Crippen LogP contribution is -2.34. The summed E-state index contributed by atoms with van der Waals surface area (Å²) in [6, 6.07) is 13.5. The molecule has 3 aliphatic carbocycles. The summed E-state index contributed by atoms with van der Waals surface area (Å²) in [5.74, 6) is -1.34. The van der Waals surface area contributed by atoms with Crippen LogP contribution in [0.25, 0.3) is 0 Å². The molecule has 5 rings (SSSR count). The molecule has 1 saturated carbocycles. The van der Waals surface area contributed by atoms with Crippen LogP contribution in [0, 0.1) is 5.41 Å². The van der Waals surface area contributed by atoms with Crippen LogP contribution >= 0.6 is 11.6 Å². The van der Waals surface area contributed by atoms with Crippen molar-refractivity contribution in [2.45, 2.75) is 17.3 Å². The first-order chi connectivity index (χ1) is 12.1. The molecule has 0 aliphatic heterocycles. The van der Waals surface area contributed by atoms with Crippen molar-refractivity contribution < 1.29 is 19.1 Å².